The van der Waals surface area contributed by atoms with E-state index in [1.54, 1.807) is 24.3 Å². The van der Waals surface area contributed by atoms with E-state index < -0.39 is 15.9 Å². The first-order chi connectivity index (χ1) is 13.4. The van der Waals surface area contributed by atoms with Crippen molar-refractivity contribution >= 4 is 33.2 Å². The number of methoxy groups -OCH3 is 1. The first-order valence-corrected chi connectivity index (χ1v) is 10.0. The molecule has 146 valence electrons. The summed E-state index contributed by atoms with van der Waals surface area (Å²) in [6, 6.07) is 13.7. The van der Waals surface area contributed by atoms with Gasteiger partial charge in [-0.1, -0.05) is 11.6 Å². The van der Waals surface area contributed by atoms with E-state index in [9.17, 15) is 13.2 Å². The van der Waals surface area contributed by atoms with Gasteiger partial charge >= 0.3 is 0 Å². The Hall–Kier alpha value is -2.97. The zero-order valence-corrected chi connectivity index (χ0v) is 16.4. The summed E-state index contributed by atoms with van der Waals surface area (Å²) < 4.78 is 37.7. The molecule has 2 N–H and O–H groups in total. The van der Waals surface area contributed by atoms with Gasteiger partial charge in [-0.25, -0.2) is 8.42 Å². The minimum absolute atomic E-state index is 0.0621. The maximum atomic E-state index is 12.6. The number of benzene rings is 2. The van der Waals surface area contributed by atoms with E-state index in [0.717, 1.165) is 0 Å². The molecule has 2 aromatic carbocycles. The highest BCUT2D eigenvalue weighted by Gasteiger charge is 2.17. The molecule has 1 aromatic heterocycles. The zero-order valence-electron chi connectivity index (χ0n) is 14.8. The lowest BCUT2D eigenvalue weighted by molar-refractivity contribution is 0.0948. The molecule has 9 heteroatoms. The third-order valence-electron chi connectivity index (χ3n) is 3.84. The number of sulfonamides is 1. The number of hydrogen-bond donors (Lipinski definition) is 2. The summed E-state index contributed by atoms with van der Waals surface area (Å²) in [5.74, 6) is 0.675. The van der Waals surface area contributed by atoms with Gasteiger partial charge in [0.25, 0.3) is 15.9 Å². The SMILES string of the molecule is COc1ccc(S(=O)(=O)Nc2ccc(Cl)c(C(=O)NCc3ccco3)c2)cc1. The van der Waals surface area contributed by atoms with Crippen LogP contribution in [0.1, 0.15) is 16.1 Å². The van der Waals surface area contributed by atoms with Crippen molar-refractivity contribution in [3.8, 4) is 5.75 Å². The fourth-order valence-corrected chi connectivity index (χ4v) is 3.66. The van der Waals surface area contributed by atoms with Gasteiger partial charge in [-0.05, 0) is 54.6 Å². The van der Waals surface area contributed by atoms with Crippen molar-refractivity contribution in [2.75, 3.05) is 11.8 Å². The van der Waals surface area contributed by atoms with Crippen molar-refractivity contribution in [3.63, 3.8) is 0 Å². The Morgan fingerprint density at radius 2 is 1.89 bits per heavy atom. The molecule has 0 aliphatic carbocycles. The van der Waals surface area contributed by atoms with Crippen LogP contribution >= 0.6 is 11.6 Å². The van der Waals surface area contributed by atoms with Crippen LogP contribution in [0.3, 0.4) is 0 Å². The van der Waals surface area contributed by atoms with Gasteiger partial charge < -0.3 is 14.5 Å². The summed E-state index contributed by atoms with van der Waals surface area (Å²) >= 11 is 6.10. The Morgan fingerprint density at radius 1 is 1.14 bits per heavy atom. The lowest BCUT2D eigenvalue weighted by Crippen LogP contribution is -2.23. The fraction of sp³-hybridized carbons (Fsp3) is 0.105. The van der Waals surface area contributed by atoms with Crippen molar-refractivity contribution < 1.29 is 22.4 Å². The molecule has 0 bridgehead atoms. The smallest absolute Gasteiger partial charge is 0.261 e. The summed E-state index contributed by atoms with van der Waals surface area (Å²) in [6.45, 7) is 0.184. The first-order valence-electron chi connectivity index (χ1n) is 8.16. The van der Waals surface area contributed by atoms with E-state index >= 15 is 0 Å². The van der Waals surface area contributed by atoms with E-state index in [1.807, 2.05) is 0 Å². The van der Waals surface area contributed by atoms with Crippen molar-refractivity contribution in [2.24, 2.45) is 0 Å². The van der Waals surface area contributed by atoms with Gasteiger partial charge in [0.2, 0.25) is 0 Å². The van der Waals surface area contributed by atoms with Crippen LogP contribution in [0, 0.1) is 0 Å². The number of hydrogen-bond acceptors (Lipinski definition) is 5. The topological polar surface area (TPSA) is 97.6 Å². The molecule has 3 rings (SSSR count). The van der Waals surface area contributed by atoms with E-state index in [0.29, 0.717) is 11.5 Å². The van der Waals surface area contributed by atoms with E-state index in [1.165, 1.54) is 43.7 Å². The molecule has 1 heterocycles. The number of halogens is 1. The molecule has 0 spiro atoms. The van der Waals surface area contributed by atoms with Gasteiger partial charge in [0.05, 0.1) is 35.4 Å². The Morgan fingerprint density at radius 3 is 2.54 bits per heavy atom. The number of amides is 1. The third-order valence-corrected chi connectivity index (χ3v) is 5.56. The predicted molar refractivity (Wildman–Crippen MR) is 105 cm³/mol. The molecule has 0 aliphatic rings. The van der Waals surface area contributed by atoms with Crippen LogP contribution in [0.4, 0.5) is 5.69 Å². The van der Waals surface area contributed by atoms with Crippen LogP contribution in [-0.4, -0.2) is 21.4 Å². The normalized spacial score (nSPS) is 11.1. The maximum Gasteiger partial charge on any atom is 0.261 e. The number of anilines is 1. The van der Waals surface area contributed by atoms with E-state index in [2.05, 4.69) is 10.0 Å². The summed E-state index contributed by atoms with van der Waals surface area (Å²) in [4.78, 5) is 12.5. The van der Waals surface area contributed by atoms with Crippen molar-refractivity contribution in [1.29, 1.82) is 0 Å². The van der Waals surface area contributed by atoms with Gasteiger partial charge in [-0.3, -0.25) is 9.52 Å². The second-order valence-corrected chi connectivity index (χ2v) is 7.83. The highest BCUT2D eigenvalue weighted by molar-refractivity contribution is 7.92. The lowest BCUT2D eigenvalue weighted by atomic mass is 10.2. The summed E-state index contributed by atoms with van der Waals surface area (Å²) in [6.07, 6.45) is 1.50. The monoisotopic (exact) mass is 420 g/mol. The van der Waals surface area contributed by atoms with Crippen LogP contribution in [0.15, 0.2) is 70.2 Å². The number of nitrogens with one attached hydrogen (secondary N) is 2. The third kappa shape index (κ3) is 4.65. The molecule has 0 unspecified atom stereocenters. The highest BCUT2D eigenvalue weighted by Crippen LogP contribution is 2.24. The molecular weight excluding hydrogens is 404 g/mol. The van der Waals surface area contributed by atoms with Crippen LogP contribution in [0.5, 0.6) is 5.75 Å². The Bertz CT molecular complexity index is 1060. The van der Waals surface area contributed by atoms with Gasteiger partial charge in [-0.15, -0.1) is 0 Å². The van der Waals surface area contributed by atoms with Crippen LogP contribution in [0.25, 0.3) is 0 Å². The molecule has 0 aliphatic heterocycles. The molecule has 0 saturated heterocycles. The van der Waals surface area contributed by atoms with E-state index in [-0.39, 0.29) is 27.7 Å². The second kappa shape index (κ2) is 8.37. The molecule has 0 saturated carbocycles. The minimum Gasteiger partial charge on any atom is -0.497 e. The average Bonchev–Trinajstić information content (AvgIpc) is 3.21. The molecule has 3 aromatic rings. The zero-order chi connectivity index (χ0) is 20.1. The quantitative estimate of drug-likeness (QED) is 0.607. The van der Waals surface area contributed by atoms with Gasteiger partial charge in [0.1, 0.15) is 11.5 Å². The summed E-state index contributed by atoms with van der Waals surface area (Å²) in [7, 11) is -2.34. The molecule has 7 nitrogen and oxygen atoms in total. The van der Waals surface area contributed by atoms with Crippen LogP contribution in [0.2, 0.25) is 5.02 Å². The maximum absolute atomic E-state index is 12.6. The minimum atomic E-state index is -3.84. The van der Waals surface area contributed by atoms with Crippen molar-refractivity contribution in [2.45, 2.75) is 11.4 Å². The number of carbonyl (C=O) groups is 1. The van der Waals surface area contributed by atoms with Crippen LogP contribution < -0.4 is 14.8 Å². The predicted octanol–water partition coefficient (Wildman–Crippen LogP) is 3.67. The van der Waals surface area contributed by atoms with Crippen LogP contribution in [-0.2, 0) is 16.6 Å². The molecule has 28 heavy (non-hydrogen) atoms. The van der Waals surface area contributed by atoms with Gasteiger partial charge in [0.15, 0.2) is 0 Å². The standard InChI is InChI=1S/C19H17ClN2O5S/c1-26-14-5-7-16(8-6-14)28(24,25)22-13-4-9-18(20)17(11-13)19(23)21-12-15-3-2-10-27-15/h2-11,22H,12H2,1H3,(H,21,23). The number of carbonyl (C=O) groups excluding carboxylic acids is 1. The lowest BCUT2D eigenvalue weighted by Gasteiger charge is -2.11. The molecule has 0 radical (unpaired) electrons. The summed E-state index contributed by atoms with van der Waals surface area (Å²) in [5.41, 5.74) is 0.353. The Labute approximate surface area is 167 Å². The highest BCUT2D eigenvalue weighted by atomic mass is 35.5. The number of rotatable bonds is 7. The number of furan rings is 1. The summed E-state index contributed by atoms with van der Waals surface area (Å²) in [5, 5.41) is 2.87. The Balaban J connectivity index is 1.77. The number of ether oxygens (including phenoxy) is 1. The average molecular weight is 421 g/mol. The fourth-order valence-electron chi connectivity index (χ4n) is 2.41. The van der Waals surface area contributed by atoms with E-state index in [4.69, 9.17) is 20.8 Å². The largest absolute Gasteiger partial charge is 0.497 e. The Kier molecular flexibility index (Phi) is 5.91. The first kappa shape index (κ1) is 19.8. The van der Waals surface area contributed by atoms with Crippen molar-refractivity contribution in [1.82, 2.24) is 5.32 Å². The molecule has 1 amide bonds. The van der Waals surface area contributed by atoms with Gasteiger partial charge in [-0.2, -0.15) is 0 Å². The molecule has 0 atom stereocenters. The second-order valence-electron chi connectivity index (χ2n) is 5.74. The molecule has 0 fully saturated rings. The van der Waals surface area contributed by atoms with Gasteiger partial charge in [0, 0.05) is 5.69 Å². The molecular formula is C19H17ClN2O5S. The van der Waals surface area contributed by atoms with Crippen molar-refractivity contribution in [3.05, 3.63) is 77.2 Å².